The van der Waals surface area contributed by atoms with E-state index < -0.39 is 0 Å². The molecule has 0 radical (unpaired) electrons. The highest BCUT2D eigenvalue weighted by atomic mass is 35.5. The van der Waals surface area contributed by atoms with Crippen LogP contribution in [-0.2, 0) is 6.54 Å². The van der Waals surface area contributed by atoms with Crippen LogP contribution in [0.15, 0.2) is 41.5 Å². The van der Waals surface area contributed by atoms with Crippen molar-refractivity contribution in [2.75, 3.05) is 7.11 Å². The number of hydrogen-bond donors (Lipinski definition) is 0. The highest BCUT2D eigenvalue weighted by Gasteiger charge is 2.16. The van der Waals surface area contributed by atoms with Crippen molar-refractivity contribution in [1.29, 1.82) is 0 Å². The van der Waals surface area contributed by atoms with Crippen LogP contribution in [-0.4, -0.2) is 22.4 Å². The lowest BCUT2D eigenvalue weighted by Gasteiger charge is -2.10. The molecule has 3 rings (SSSR count). The number of aromatic nitrogens is 2. The van der Waals surface area contributed by atoms with Gasteiger partial charge in [0.2, 0.25) is 0 Å². The molecule has 1 aromatic heterocycles. The Balaban J connectivity index is 2.04. The molecule has 25 heavy (non-hydrogen) atoms. The molecule has 0 atom stereocenters. The van der Waals surface area contributed by atoms with Gasteiger partial charge in [0.05, 0.1) is 41.5 Å². The van der Waals surface area contributed by atoms with Crippen LogP contribution in [0.25, 0.3) is 10.9 Å². The van der Waals surface area contributed by atoms with Crippen LogP contribution in [0.2, 0.25) is 10.0 Å². The number of ketones is 1. The topological polar surface area (TPSA) is 61.2 Å². The molecule has 0 unspecified atom stereocenters. The molecule has 2 aromatic carbocycles. The van der Waals surface area contributed by atoms with E-state index >= 15 is 0 Å². The third-order valence-electron chi connectivity index (χ3n) is 3.82. The number of ether oxygens (including phenoxy) is 1. The molecule has 5 nitrogen and oxygen atoms in total. The largest absolute Gasteiger partial charge is 0.496 e. The minimum atomic E-state index is -0.380. The number of carbonyl (C=O) groups is 1. The number of fused-ring (bicyclic) bond motifs is 1. The molecule has 7 heteroatoms. The van der Waals surface area contributed by atoms with Crippen molar-refractivity contribution >= 4 is 39.9 Å². The first-order valence-electron chi connectivity index (χ1n) is 7.42. The van der Waals surface area contributed by atoms with Gasteiger partial charge < -0.3 is 4.74 Å². The average molecular weight is 377 g/mol. The summed E-state index contributed by atoms with van der Waals surface area (Å²) >= 11 is 12.0. The van der Waals surface area contributed by atoms with Gasteiger partial charge in [0.25, 0.3) is 5.56 Å². The zero-order valence-corrected chi connectivity index (χ0v) is 15.1. The number of carbonyl (C=O) groups excluding carboxylic acids is 1. The second-order valence-electron chi connectivity index (χ2n) is 5.59. The summed E-state index contributed by atoms with van der Waals surface area (Å²) in [5, 5.41) is 0.892. The number of halogens is 2. The first-order chi connectivity index (χ1) is 11.9. The van der Waals surface area contributed by atoms with Gasteiger partial charge in [-0.15, -0.1) is 0 Å². The number of hydrogen-bond acceptors (Lipinski definition) is 4. The molecule has 0 N–H and O–H groups in total. The molecule has 0 amide bonds. The Morgan fingerprint density at radius 2 is 2.00 bits per heavy atom. The SMILES string of the molecule is COc1ccc(C)cc1C(=O)Cn1cnc2c(Cl)cc(Cl)cc2c1=O. The van der Waals surface area contributed by atoms with Crippen molar-refractivity contribution in [3.63, 3.8) is 0 Å². The molecule has 1 heterocycles. The van der Waals surface area contributed by atoms with Gasteiger partial charge in [-0.2, -0.15) is 0 Å². The average Bonchev–Trinajstić information content (AvgIpc) is 2.57. The van der Waals surface area contributed by atoms with E-state index in [2.05, 4.69) is 4.98 Å². The maximum absolute atomic E-state index is 12.6. The predicted octanol–water partition coefficient (Wildman–Crippen LogP) is 3.90. The zero-order chi connectivity index (χ0) is 18.1. The first kappa shape index (κ1) is 17.5. The fourth-order valence-corrected chi connectivity index (χ4v) is 3.13. The van der Waals surface area contributed by atoms with Crippen LogP contribution in [0.4, 0.5) is 0 Å². The van der Waals surface area contributed by atoms with Crippen LogP contribution < -0.4 is 10.3 Å². The lowest BCUT2D eigenvalue weighted by molar-refractivity contribution is 0.0967. The van der Waals surface area contributed by atoms with Gasteiger partial charge >= 0.3 is 0 Å². The van der Waals surface area contributed by atoms with E-state index in [1.807, 2.05) is 13.0 Å². The second kappa shape index (κ2) is 6.86. The molecule has 3 aromatic rings. The molecule has 0 aliphatic rings. The Bertz CT molecular complexity index is 1040. The number of nitrogens with zero attached hydrogens (tertiary/aromatic N) is 2. The summed E-state index contributed by atoms with van der Waals surface area (Å²) in [5.41, 5.74) is 1.31. The smallest absolute Gasteiger partial charge is 0.261 e. The standard InChI is InChI=1S/C18H14Cl2N2O3/c1-10-3-4-16(25-2)12(5-10)15(23)8-22-9-21-17-13(18(22)24)6-11(19)7-14(17)20/h3-7,9H,8H2,1-2H3. The number of rotatable bonds is 4. The Kier molecular flexibility index (Phi) is 4.79. The van der Waals surface area contributed by atoms with Crippen molar-refractivity contribution in [3.05, 3.63) is 68.2 Å². The van der Waals surface area contributed by atoms with Gasteiger partial charge in [0, 0.05) is 5.02 Å². The Hall–Kier alpha value is -2.37. The van der Waals surface area contributed by atoms with E-state index in [1.54, 1.807) is 12.1 Å². The predicted molar refractivity (Wildman–Crippen MR) is 98.1 cm³/mol. The number of Topliss-reactive ketones (excluding diaryl/α,β-unsaturated/α-hetero) is 1. The van der Waals surface area contributed by atoms with Crippen LogP contribution in [0.3, 0.4) is 0 Å². The van der Waals surface area contributed by atoms with Gasteiger partial charge in [0.15, 0.2) is 5.78 Å². The molecular weight excluding hydrogens is 363 g/mol. The number of aryl methyl sites for hydroxylation is 1. The molecule has 0 saturated carbocycles. The summed E-state index contributed by atoms with van der Waals surface area (Å²) in [5.74, 6) is 0.209. The quantitative estimate of drug-likeness (QED) is 0.647. The molecule has 0 spiro atoms. The Morgan fingerprint density at radius 1 is 1.24 bits per heavy atom. The highest BCUT2D eigenvalue weighted by molar-refractivity contribution is 6.38. The van der Waals surface area contributed by atoms with E-state index in [0.29, 0.717) is 26.9 Å². The van der Waals surface area contributed by atoms with Gasteiger partial charge in [0.1, 0.15) is 5.75 Å². The third-order valence-corrected chi connectivity index (χ3v) is 4.32. The first-order valence-corrected chi connectivity index (χ1v) is 8.18. The van der Waals surface area contributed by atoms with E-state index in [1.165, 1.54) is 30.1 Å². The van der Waals surface area contributed by atoms with Crippen LogP contribution in [0, 0.1) is 6.92 Å². The highest BCUT2D eigenvalue weighted by Crippen LogP contribution is 2.24. The molecule has 0 bridgehead atoms. The number of methoxy groups -OCH3 is 1. The summed E-state index contributed by atoms with van der Waals surface area (Å²) < 4.78 is 6.47. The molecule has 0 fully saturated rings. The van der Waals surface area contributed by atoms with Crippen molar-refractivity contribution < 1.29 is 9.53 Å². The monoisotopic (exact) mass is 376 g/mol. The van der Waals surface area contributed by atoms with E-state index in [4.69, 9.17) is 27.9 Å². The van der Waals surface area contributed by atoms with Gasteiger partial charge in [-0.3, -0.25) is 14.2 Å². The summed E-state index contributed by atoms with van der Waals surface area (Å²) in [6.45, 7) is 1.72. The summed E-state index contributed by atoms with van der Waals surface area (Å²) in [7, 11) is 1.50. The van der Waals surface area contributed by atoms with Crippen LogP contribution in [0.1, 0.15) is 15.9 Å². The van der Waals surface area contributed by atoms with Crippen molar-refractivity contribution in [2.24, 2.45) is 0 Å². The van der Waals surface area contributed by atoms with Gasteiger partial charge in [-0.05, 0) is 31.2 Å². The lowest BCUT2D eigenvalue weighted by atomic mass is 10.1. The van der Waals surface area contributed by atoms with E-state index in [0.717, 1.165) is 5.56 Å². The normalized spacial score (nSPS) is 10.9. The zero-order valence-electron chi connectivity index (χ0n) is 13.5. The fraction of sp³-hybridized carbons (Fsp3) is 0.167. The molecule has 0 saturated heterocycles. The molecular formula is C18H14Cl2N2O3. The van der Waals surface area contributed by atoms with Crippen molar-refractivity contribution in [1.82, 2.24) is 9.55 Å². The molecule has 128 valence electrons. The fourth-order valence-electron chi connectivity index (χ4n) is 2.59. The van der Waals surface area contributed by atoms with E-state index in [9.17, 15) is 9.59 Å². The molecule has 0 aliphatic heterocycles. The second-order valence-corrected chi connectivity index (χ2v) is 6.43. The summed E-state index contributed by atoms with van der Waals surface area (Å²) in [6, 6.07) is 8.32. The molecule has 0 aliphatic carbocycles. The van der Waals surface area contributed by atoms with Gasteiger partial charge in [-0.1, -0.05) is 34.8 Å². The van der Waals surface area contributed by atoms with Gasteiger partial charge in [-0.25, -0.2) is 4.98 Å². The van der Waals surface area contributed by atoms with Crippen molar-refractivity contribution in [3.8, 4) is 5.75 Å². The number of benzene rings is 2. The Labute approximate surface area is 153 Å². The summed E-state index contributed by atoms with van der Waals surface area (Å²) in [4.78, 5) is 29.5. The maximum Gasteiger partial charge on any atom is 0.261 e. The lowest BCUT2D eigenvalue weighted by Crippen LogP contribution is -2.25. The summed E-state index contributed by atoms with van der Waals surface area (Å²) in [6.07, 6.45) is 1.31. The van der Waals surface area contributed by atoms with E-state index in [-0.39, 0.29) is 23.3 Å². The van der Waals surface area contributed by atoms with Crippen LogP contribution in [0.5, 0.6) is 5.75 Å². The Morgan fingerprint density at radius 3 is 2.72 bits per heavy atom. The van der Waals surface area contributed by atoms with Crippen molar-refractivity contribution in [2.45, 2.75) is 13.5 Å². The minimum Gasteiger partial charge on any atom is -0.496 e. The maximum atomic E-state index is 12.6. The minimum absolute atomic E-state index is 0.161. The van der Waals surface area contributed by atoms with Crippen LogP contribution >= 0.6 is 23.2 Å². The third kappa shape index (κ3) is 3.38.